The van der Waals surface area contributed by atoms with Crippen molar-refractivity contribution in [1.29, 1.82) is 0 Å². The molecule has 1 saturated heterocycles. The van der Waals surface area contributed by atoms with E-state index in [4.69, 9.17) is 4.74 Å². The molecule has 0 saturated carbocycles. The Morgan fingerprint density at radius 2 is 2.00 bits per heavy atom. The van der Waals surface area contributed by atoms with Crippen molar-refractivity contribution in [3.05, 3.63) is 29.8 Å². The molecule has 4 nitrogen and oxygen atoms in total. The van der Waals surface area contributed by atoms with Crippen LogP contribution in [0.15, 0.2) is 24.3 Å². The van der Waals surface area contributed by atoms with Gasteiger partial charge in [-0.25, -0.2) is 0 Å². The largest absolute Gasteiger partial charge is 0.497 e. The molecule has 0 radical (unpaired) electrons. The Labute approximate surface area is 114 Å². The van der Waals surface area contributed by atoms with Crippen LogP contribution in [-0.2, 0) is 0 Å². The molecule has 1 fully saturated rings. The zero-order valence-corrected chi connectivity index (χ0v) is 11.2. The fraction of sp³-hybridized carbons (Fsp3) is 0.429. The maximum absolute atomic E-state index is 9.25. The average molecular weight is 261 g/mol. The van der Waals surface area contributed by atoms with Gasteiger partial charge in [0.25, 0.3) is 0 Å². The van der Waals surface area contributed by atoms with E-state index in [1.165, 1.54) is 0 Å². The Morgan fingerprint density at radius 1 is 1.26 bits per heavy atom. The molecule has 1 aliphatic rings. The van der Waals surface area contributed by atoms with Gasteiger partial charge in [0.15, 0.2) is 0 Å². The fourth-order valence-electron chi connectivity index (χ4n) is 2.29. The zero-order valence-electron chi connectivity index (χ0n) is 11.2. The van der Waals surface area contributed by atoms with Crippen molar-refractivity contribution in [2.75, 3.05) is 20.2 Å². The van der Waals surface area contributed by atoms with Crippen LogP contribution in [0.5, 0.6) is 5.75 Å². The third-order valence-electron chi connectivity index (χ3n) is 3.43. The van der Waals surface area contributed by atoms with Crippen LogP contribution < -0.4 is 15.5 Å². The van der Waals surface area contributed by atoms with E-state index in [1.54, 1.807) is 19.2 Å². The highest BCUT2D eigenvalue weighted by Crippen LogP contribution is 2.17. The van der Waals surface area contributed by atoms with Crippen LogP contribution in [0, 0.1) is 5.92 Å². The highest BCUT2D eigenvalue weighted by molar-refractivity contribution is 6.58. The summed E-state index contributed by atoms with van der Waals surface area (Å²) in [5, 5.41) is 21.8. The average Bonchev–Trinajstić information content (AvgIpc) is 2.45. The molecule has 0 bridgehead atoms. The van der Waals surface area contributed by atoms with Gasteiger partial charge in [-0.3, -0.25) is 0 Å². The number of piperidine rings is 1. The lowest BCUT2D eigenvalue weighted by atomic mass is 9.79. The smallest absolute Gasteiger partial charge is 0.488 e. The first-order valence-corrected chi connectivity index (χ1v) is 6.63. The van der Waals surface area contributed by atoms with Crippen LogP contribution in [0.3, 0.4) is 0 Å². The van der Waals surface area contributed by atoms with E-state index < -0.39 is 7.12 Å². The van der Waals surface area contributed by atoms with E-state index in [1.807, 2.05) is 12.1 Å². The summed E-state index contributed by atoms with van der Waals surface area (Å²) < 4.78 is 5.17. The van der Waals surface area contributed by atoms with Gasteiger partial charge in [-0.15, -0.1) is 0 Å². The SMILES string of the molecule is COc1cc(/C=C/C2CCNCC2)cc(B(O)O)c1. The molecule has 19 heavy (non-hydrogen) atoms. The maximum atomic E-state index is 9.25. The van der Waals surface area contributed by atoms with Crippen molar-refractivity contribution in [2.45, 2.75) is 12.8 Å². The summed E-state index contributed by atoms with van der Waals surface area (Å²) in [6.45, 7) is 2.13. The topological polar surface area (TPSA) is 61.7 Å². The first-order chi connectivity index (χ1) is 9.19. The van der Waals surface area contributed by atoms with E-state index in [0.717, 1.165) is 31.5 Å². The summed E-state index contributed by atoms with van der Waals surface area (Å²) in [6, 6.07) is 5.29. The molecule has 102 valence electrons. The predicted octanol–water partition coefficient (Wildman–Crippen LogP) is 0.388. The standard InChI is InChI=1S/C14H20BNO3/c1-19-14-9-12(8-13(10-14)15(17)18)3-2-11-4-6-16-7-5-11/h2-3,8-11,16-18H,4-7H2,1H3/b3-2+. The fourth-order valence-corrected chi connectivity index (χ4v) is 2.29. The number of ether oxygens (including phenoxy) is 1. The van der Waals surface area contributed by atoms with Crippen molar-refractivity contribution < 1.29 is 14.8 Å². The van der Waals surface area contributed by atoms with Gasteiger partial charge in [0.2, 0.25) is 0 Å². The van der Waals surface area contributed by atoms with Crippen molar-refractivity contribution in [3.8, 4) is 5.75 Å². The van der Waals surface area contributed by atoms with Gasteiger partial charge in [0.05, 0.1) is 7.11 Å². The highest BCUT2D eigenvalue weighted by Gasteiger charge is 2.13. The minimum atomic E-state index is -1.47. The molecule has 3 N–H and O–H groups in total. The molecular formula is C14H20BNO3. The third-order valence-corrected chi connectivity index (χ3v) is 3.43. The molecule has 2 rings (SSSR count). The van der Waals surface area contributed by atoms with Crippen LogP contribution in [0.25, 0.3) is 6.08 Å². The number of benzene rings is 1. The number of rotatable bonds is 4. The summed E-state index contributed by atoms with van der Waals surface area (Å²) in [5.41, 5.74) is 1.38. The van der Waals surface area contributed by atoms with Crippen LogP contribution in [0.2, 0.25) is 0 Å². The molecule has 0 unspecified atom stereocenters. The normalized spacial score (nSPS) is 16.8. The van der Waals surface area contributed by atoms with Crippen LogP contribution in [0.1, 0.15) is 18.4 Å². The first-order valence-electron chi connectivity index (χ1n) is 6.63. The van der Waals surface area contributed by atoms with E-state index in [0.29, 0.717) is 17.1 Å². The minimum absolute atomic E-state index is 0.448. The van der Waals surface area contributed by atoms with E-state index in [2.05, 4.69) is 11.4 Å². The number of hydrogen-bond acceptors (Lipinski definition) is 4. The summed E-state index contributed by atoms with van der Waals surface area (Å²) in [6.07, 6.45) is 6.53. The van der Waals surface area contributed by atoms with Gasteiger partial charge in [-0.2, -0.15) is 0 Å². The van der Waals surface area contributed by atoms with E-state index >= 15 is 0 Å². The Bertz CT molecular complexity index is 442. The third kappa shape index (κ3) is 4.09. The van der Waals surface area contributed by atoms with Gasteiger partial charge in [-0.05, 0) is 55.0 Å². The second-order valence-electron chi connectivity index (χ2n) is 4.86. The molecule has 0 aromatic heterocycles. The molecule has 1 aliphatic heterocycles. The lowest BCUT2D eigenvalue weighted by molar-refractivity contribution is 0.412. The lowest BCUT2D eigenvalue weighted by Crippen LogP contribution is -2.30. The van der Waals surface area contributed by atoms with Crippen molar-refractivity contribution in [1.82, 2.24) is 5.32 Å². The molecule has 1 aromatic rings. The summed E-state index contributed by atoms with van der Waals surface area (Å²) in [5.74, 6) is 1.23. The Hall–Kier alpha value is -1.30. The quantitative estimate of drug-likeness (QED) is 0.686. The van der Waals surface area contributed by atoms with Crippen LogP contribution in [0.4, 0.5) is 0 Å². The maximum Gasteiger partial charge on any atom is 0.488 e. The second-order valence-corrected chi connectivity index (χ2v) is 4.86. The van der Waals surface area contributed by atoms with Crippen molar-refractivity contribution in [3.63, 3.8) is 0 Å². The number of hydrogen-bond donors (Lipinski definition) is 3. The van der Waals surface area contributed by atoms with Crippen molar-refractivity contribution in [2.24, 2.45) is 5.92 Å². The molecule has 0 amide bonds. The molecule has 0 atom stereocenters. The van der Waals surface area contributed by atoms with Crippen LogP contribution in [-0.4, -0.2) is 37.4 Å². The van der Waals surface area contributed by atoms with Crippen LogP contribution >= 0.6 is 0 Å². The number of allylic oxidation sites excluding steroid dienone is 1. The first kappa shape index (κ1) is 14.1. The molecule has 1 aromatic carbocycles. The van der Waals surface area contributed by atoms with Gasteiger partial charge in [-0.1, -0.05) is 18.2 Å². The number of nitrogens with one attached hydrogen (secondary N) is 1. The van der Waals surface area contributed by atoms with Gasteiger partial charge >= 0.3 is 7.12 Å². The van der Waals surface area contributed by atoms with Crippen molar-refractivity contribution >= 4 is 18.7 Å². The summed E-state index contributed by atoms with van der Waals surface area (Å²) in [4.78, 5) is 0. The van der Waals surface area contributed by atoms with Gasteiger partial charge < -0.3 is 20.1 Å². The molecule has 5 heteroatoms. The molecule has 1 heterocycles. The Kier molecular flexibility index (Phi) is 5.02. The molecule has 0 aliphatic carbocycles. The lowest BCUT2D eigenvalue weighted by Gasteiger charge is -2.19. The predicted molar refractivity (Wildman–Crippen MR) is 77.4 cm³/mol. The number of methoxy groups -OCH3 is 1. The minimum Gasteiger partial charge on any atom is -0.497 e. The Morgan fingerprint density at radius 3 is 2.63 bits per heavy atom. The molecular weight excluding hydrogens is 241 g/mol. The highest BCUT2D eigenvalue weighted by atomic mass is 16.5. The Balaban J connectivity index is 2.13. The summed E-state index contributed by atoms with van der Waals surface area (Å²) >= 11 is 0. The van der Waals surface area contributed by atoms with E-state index in [9.17, 15) is 10.0 Å². The second kappa shape index (κ2) is 6.75. The van der Waals surface area contributed by atoms with Gasteiger partial charge in [0.1, 0.15) is 5.75 Å². The molecule has 0 spiro atoms. The van der Waals surface area contributed by atoms with Gasteiger partial charge in [0, 0.05) is 0 Å². The van der Waals surface area contributed by atoms with E-state index in [-0.39, 0.29) is 0 Å². The monoisotopic (exact) mass is 261 g/mol. The summed E-state index contributed by atoms with van der Waals surface area (Å²) in [7, 11) is 0.101. The zero-order chi connectivity index (χ0) is 13.7.